The van der Waals surface area contributed by atoms with Gasteiger partial charge in [-0.25, -0.2) is 19.9 Å². The largest absolute Gasteiger partial charge is 0.456 e. The van der Waals surface area contributed by atoms with Gasteiger partial charge in [0.2, 0.25) is 0 Å². The minimum Gasteiger partial charge on any atom is -0.456 e. The van der Waals surface area contributed by atoms with E-state index in [2.05, 4.69) is 54.6 Å². The third kappa shape index (κ3) is 4.64. The van der Waals surface area contributed by atoms with Gasteiger partial charge in [0, 0.05) is 33.0 Å². The van der Waals surface area contributed by atoms with Crippen LogP contribution in [-0.4, -0.2) is 19.9 Å². The van der Waals surface area contributed by atoms with Gasteiger partial charge in [-0.2, -0.15) is 0 Å². The molecule has 0 N–H and O–H groups in total. The topological polar surface area (TPSA) is 64.7 Å². The number of fused-ring (bicyclic) bond motifs is 4. The molecule has 6 heteroatoms. The normalized spacial score (nSPS) is 11.5. The van der Waals surface area contributed by atoms with Gasteiger partial charge < -0.3 is 4.42 Å². The van der Waals surface area contributed by atoms with E-state index in [-0.39, 0.29) is 0 Å². The van der Waals surface area contributed by atoms with Crippen molar-refractivity contribution in [2.24, 2.45) is 0 Å². The molecule has 46 heavy (non-hydrogen) atoms. The van der Waals surface area contributed by atoms with E-state index in [9.17, 15) is 0 Å². The minimum atomic E-state index is 0.606. The molecule has 216 valence electrons. The summed E-state index contributed by atoms with van der Waals surface area (Å²) in [6, 6.07) is 49.3. The number of nitrogens with zero attached hydrogens (tertiary/aromatic N) is 4. The van der Waals surface area contributed by atoms with Crippen LogP contribution >= 0.6 is 11.3 Å². The van der Waals surface area contributed by atoms with Crippen LogP contribution in [0.15, 0.2) is 150 Å². The van der Waals surface area contributed by atoms with Crippen molar-refractivity contribution in [3.8, 4) is 55.9 Å². The molecule has 0 radical (unpaired) electrons. The quantitative estimate of drug-likeness (QED) is 0.194. The molecule has 3 aromatic heterocycles. The van der Waals surface area contributed by atoms with Gasteiger partial charge in [0.25, 0.3) is 0 Å². The zero-order valence-corrected chi connectivity index (χ0v) is 25.3. The Morgan fingerprint density at radius 1 is 0.435 bits per heavy atom. The van der Waals surface area contributed by atoms with Gasteiger partial charge in [0.05, 0.1) is 10.2 Å². The lowest BCUT2D eigenvalue weighted by molar-refractivity contribution is 0.669. The SMILES string of the molecule is c1ccc(-c2nc(-c3ccccc3)nc(-c3cccc4oc5cc(-c6ccc7nc(-c8ccccc8)sc7c6)ccc5c34)n2)cc1. The molecule has 0 aliphatic heterocycles. The molecule has 0 aliphatic carbocycles. The standard InChI is InChI=1S/C40H24N4OS/c1-4-11-25(12-5-1)37-42-38(26-13-6-2-7-14-26)44-39(43-37)31-17-10-18-33-36(31)30-21-19-28(23-34(30)45-33)29-20-22-32-35(24-29)46-40(41-32)27-15-8-3-9-16-27/h1-24H. The van der Waals surface area contributed by atoms with Crippen molar-refractivity contribution in [3.05, 3.63) is 146 Å². The van der Waals surface area contributed by atoms with Crippen LogP contribution in [0.25, 0.3) is 88.0 Å². The van der Waals surface area contributed by atoms with Crippen molar-refractivity contribution in [3.63, 3.8) is 0 Å². The monoisotopic (exact) mass is 608 g/mol. The van der Waals surface area contributed by atoms with Gasteiger partial charge in [0.15, 0.2) is 17.5 Å². The molecule has 0 spiro atoms. The van der Waals surface area contributed by atoms with E-state index in [1.54, 1.807) is 11.3 Å². The summed E-state index contributed by atoms with van der Waals surface area (Å²) in [4.78, 5) is 19.7. The summed E-state index contributed by atoms with van der Waals surface area (Å²) in [5.74, 6) is 1.87. The Kier molecular flexibility index (Phi) is 6.25. The molecule has 9 rings (SSSR count). The predicted molar refractivity (Wildman–Crippen MR) is 187 cm³/mol. The second kappa shape index (κ2) is 10.9. The molecule has 0 fully saturated rings. The number of aromatic nitrogens is 4. The molecule has 3 heterocycles. The molecular weight excluding hydrogens is 585 g/mol. The Balaban J connectivity index is 1.17. The first-order valence-corrected chi connectivity index (χ1v) is 15.9. The Labute approximate surface area is 268 Å². The van der Waals surface area contributed by atoms with Crippen LogP contribution in [0.2, 0.25) is 0 Å². The first-order valence-electron chi connectivity index (χ1n) is 15.1. The maximum atomic E-state index is 6.48. The fraction of sp³-hybridized carbons (Fsp3) is 0. The van der Waals surface area contributed by atoms with Gasteiger partial charge in [-0.3, -0.25) is 0 Å². The van der Waals surface area contributed by atoms with E-state index in [4.69, 9.17) is 24.4 Å². The predicted octanol–water partition coefficient (Wildman–Crippen LogP) is 10.7. The number of benzene rings is 6. The first kappa shape index (κ1) is 26.4. The molecule has 0 aliphatic rings. The summed E-state index contributed by atoms with van der Waals surface area (Å²) in [5.41, 5.74) is 8.72. The van der Waals surface area contributed by atoms with Crippen LogP contribution in [0.1, 0.15) is 0 Å². The third-order valence-electron chi connectivity index (χ3n) is 8.18. The smallest absolute Gasteiger partial charge is 0.164 e. The number of furan rings is 1. The minimum absolute atomic E-state index is 0.606. The van der Waals surface area contributed by atoms with Gasteiger partial charge in [-0.05, 0) is 41.5 Å². The molecule has 5 nitrogen and oxygen atoms in total. The lowest BCUT2D eigenvalue weighted by Crippen LogP contribution is -2.00. The lowest BCUT2D eigenvalue weighted by atomic mass is 10.0. The van der Waals surface area contributed by atoms with Crippen molar-refractivity contribution in [2.75, 3.05) is 0 Å². The number of rotatable bonds is 5. The Morgan fingerprint density at radius 2 is 1.04 bits per heavy atom. The summed E-state index contributed by atoms with van der Waals surface area (Å²) >= 11 is 1.71. The maximum absolute atomic E-state index is 6.48. The molecule has 0 saturated heterocycles. The van der Waals surface area contributed by atoms with Crippen molar-refractivity contribution in [2.45, 2.75) is 0 Å². The van der Waals surface area contributed by atoms with Crippen LogP contribution in [0, 0.1) is 0 Å². The molecule has 0 unspecified atom stereocenters. The highest BCUT2D eigenvalue weighted by Gasteiger charge is 2.18. The summed E-state index contributed by atoms with van der Waals surface area (Å²) in [6.07, 6.45) is 0. The summed E-state index contributed by atoms with van der Waals surface area (Å²) in [5, 5.41) is 3.03. The highest BCUT2D eigenvalue weighted by atomic mass is 32.1. The maximum Gasteiger partial charge on any atom is 0.164 e. The van der Waals surface area contributed by atoms with E-state index >= 15 is 0 Å². The highest BCUT2D eigenvalue weighted by Crippen LogP contribution is 2.39. The van der Waals surface area contributed by atoms with Crippen LogP contribution in [0.5, 0.6) is 0 Å². The summed E-state index contributed by atoms with van der Waals surface area (Å²) in [6.45, 7) is 0. The fourth-order valence-corrected chi connectivity index (χ4v) is 6.94. The van der Waals surface area contributed by atoms with Crippen LogP contribution in [0.4, 0.5) is 0 Å². The number of hydrogen-bond acceptors (Lipinski definition) is 6. The molecule has 0 amide bonds. The van der Waals surface area contributed by atoms with E-state index < -0.39 is 0 Å². The fourth-order valence-electron chi connectivity index (χ4n) is 5.93. The van der Waals surface area contributed by atoms with Gasteiger partial charge >= 0.3 is 0 Å². The first-order chi connectivity index (χ1) is 22.8. The van der Waals surface area contributed by atoms with E-state index in [0.29, 0.717) is 17.5 Å². The zero-order chi connectivity index (χ0) is 30.5. The Morgan fingerprint density at radius 3 is 1.74 bits per heavy atom. The van der Waals surface area contributed by atoms with Crippen molar-refractivity contribution < 1.29 is 4.42 Å². The van der Waals surface area contributed by atoms with Gasteiger partial charge in [-0.15, -0.1) is 11.3 Å². The molecule has 0 bridgehead atoms. The van der Waals surface area contributed by atoms with Crippen LogP contribution < -0.4 is 0 Å². The molecule has 0 atom stereocenters. The van der Waals surface area contributed by atoms with Crippen molar-refractivity contribution in [1.29, 1.82) is 0 Å². The summed E-state index contributed by atoms with van der Waals surface area (Å²) in [7, 11) is 0. The molecule has 9 aromatic rings. The van der Waals surface area contributed by atoms with Crippen molar-refractivity contribution >= 4 is 43.5 Å². The van der Waals surface area contributed by atoms with Crippen LogP contribution in [-0.2, 0) is 0 Å². The highest BCUT2D eigenvalue weighted by molar-refractivity contribution is 7.21. The van der Waals surface area contributed by atoms with Crippen LogP contribution in [0.3, 0.4) is 0 Å². The second-order valence-corrected chi connectivity index (χ2v) is 12.1. The van der Waals surface area contributed by atoms with E-state index in [1.807, 2.05) is 91.0 Å². The molecule has 6 aromatic carbocycles. The zero-order valence-electron chi connectivity index (χ0n) is 24.5. The third-order valence-corrected chi connectivity index (χ3v) is 9.25. The number of thiazole rings is 1. The molecule has 0 saturated carbocycles. The summed E-state index contributed by atoms with van der Waals surface area (Å²) < 4.78 is 7.63. The lowest BCUT2D eigenvalue weighted by Gasteiger charge is -2.09. The average Bonchev–Trinajstić information content (AvgIpc) is 3.73. The van der Waals surface area contributed by atoms with Gasteiger partial charge in [-0.1, -0.05) is 115 Å². The van der Waals surface area contributed by atoms with Crippen molar-refractivity contribution in [1.82, 2.24) is 19.9 Å². The second-order valence-electron chi connectivity index (χ2n) is 11.1. The van der Waals surface area contributed by atoms with E-state index in [0.717, 1.165) is 70.5 Å². The number of hydrogen-bond donors (Lipinski definition) is 0. The molecular formula is C40H24N4OS. The van der Waals surface area contributed by atoms with E-state index in [1.165, 1.54) is 0 Å². The Bertz CT molecular complexity index is 2470. The average molecular weight is 609 g/mol. The Hall–Kier alpha value is -5.98. The van der Waals surface area contributed by atoms with Gasteiger partial charge in [0.1, 0.15) is 16.2 Å².